The molecular formula is C16H22ClN3O. The highest BCUT2D eigenvalue weighted by Crippen LogP contribution is 2.26. The van der Waals surface area contributed by atoms with E-state index < -0.39 is 0 Å². The van der Waals surface area contributed by atoms with Crippen LogP contribution in [0.2, 0.25) is 5.02 Å². The monoisotopic (exact) mass is 307 g/mol. The van der Waals surface area contributed by atoms with E-state index >= 15 is 0 Å². The van der Waals surface area contributed by atoms with E-state index in [0.29, 0.717) is 0 Å². The van der Waals surface area contributed by atoms with Gasteiger partial charge in [-0.2, -0.15) is 0 Å². The van der Waals surface area contributed by atoms with E-state index in [1.165, 1.54) is 0 Å². The Kier molecular flexibility index (Phi) is 4.66. The Balaban J connectivity index is 1.62. The van der Waals surface area contributed by atoms with Crippen molar-refractivity contribution in [3.63, 3.8) is 0 Å². The van der Waals surface area contributed by atoms with Crippen molar-refractivity contribution in [3.05, 3.63) is 29.3 Å². The Morgan fingerprint density at radius 1 is 1.10 bits per heavy atom. The molecule has 0 radical (unpaired) electrons. The summed E-state index contributed by atoms with van der Waals surface area (Å²) in [5, 5.41) is 3.83. The van der Waals surface area contributed by atoms with E-state index in [4.69, 9.17) is 11.6 Å². The SMILES string of the molecule is O=C1NCCCC[C@@H]1N1CCN(c2ccccc2Cl)CC1. The first kappa shape index (κ1) is 14.7. The highest BCUT2D eigenvalue weighted by Gasteiger charge is 2.30. The van der Waals surface area contributed by atoms with E-state index in [2.05, 4.69) is 21.2 Å². The van der Waals surface area contributed by atoms with Gasteiger partial charge in [0, 0.05) is 32.7 Å². The molecular weight excluding hydrogens is 286 g/mol. The van der Waals surface area contributed by atoms with E-state index in [1.54, 1.807) is 0 Å². The van der Waals surface area contributed by atoms with Crippen LogP contribution in [-0.4, -0.2) is 49.6 Å². The van der Waals surface area contributed by atoms with Gasteiger partial charge in [-0.05, 0) is 31.4 Å². The topological polar surface area (TPSA) is 35.6 Å². The number of nitrogens with one attached hydrogen (secondary N) is 1. The molecule has 21 heavy (non-hydrogen) atoms. The minimum atomic E-state index is 0.0564. The molecule has 0 bridgehead atoms. The van der Waals surface area contributed by atoms with Gasteiger partial charge in [-0.15, -0.1) is 0 Å². The largest absolute Gasteiger partial charge is 0.368 e. The fourth-order valence-electron chi connectivity index (χ4n) is 3.25. The zero-order valence-electron chi connectivity index (χ0n) is 12.2. The highest BCUT2D eigenvalue weighted by molar-refractivity contribution is 6.33. The number of piperazine rings is 1. The smallest absolute Gasteiger partial charge is 0.237 e. The van der Waals surface area contributed by atoms with Crippen LogP contribution in [0.3, 0.4) is 0 Å². The number of carbonyl (C=O) groups excluding carboxylic acids is 1. The Bertz CT molecular complexity index is 500. The molecule has 0 spiro atoms. The summed E-state index contributed by atoms with van der Waals surface area (Å²) >= 11 is 6.27. The Morgan fingerprint density at radius 3 is 2.62 bits per heavy atom. The third-order valence-corrected chi connectivity index (χ3v) is 4.77. The first-order chi connectivity index (χ1) is 10.3. The fraction of sp³-hybridized carbons (Fsp3) is 0.562. The van der Waals surface area contributed by atoms with Crippen LogP contribution < -0.4 is 10.2 Å². The van der Waals surface area contributed by atoms with Crippen LogP contribution in [0.25, 0.3) is 0 Å². The molecule has 4 nitrogen and oxygen atoms in total. The number of para-hydroxylation sites is 1. The van der Waals surface area contributed by atoms with Gasteiger partial charge < -0.3 is 10.2 Å². The summed E-state index contributed by atoms with van der Waals surface area (Å²) in [5.74, 6) is 0.207. The maximum absolute atomic E-state index is 12.1. The molecule has 114 valence electrons. The third kappa shape index (κ3) is 3.33. The lowest BCUT2D eigenvalue weighted by molar-refractivity contribution is -0.126. The fourth-order valence-corrected chi connectivity index (χ4v) is 3.51. The number of halogens is 1. The number of anilines is 1. The lowest BCUT2D eigenvalue weighted by Gasteiger charge is -2.39. The van der Waals surface area contributed by atoms with Gasteiger partial charge in [-0.1, -0.05) is 23.7 Å². The van der Waals surface area contributed by atoms with Crippen molar-refractivity contribution in [2.75, 3.05) is 37.6 Å². The molecule has 1 N–H and O–H groups in total. The molecule has 2 aliphatic rings. The van der Waals surface area contributed by atoms with Crippen molar-refractivity contribution in [1.29, 1.82) is 0 Å². The second-order valence-electron chi connectivity index (χ2n) is 5.78. The molecule has 0 aromatic heterocycles. The summed E-state index contributed by atoms with van der Waals surface area (Å²) < 4.78 is 0. The quantitative estimate of drug-likeness (QED) is 0.909. The Hall–Kier alpha value is -1.26. The van der Waals surface area contributed by atoms with Gasteiger partial charge in [0.1, 0.15) is 0 Å². The molecule has 2 aliphatic heterocycles. The molecule has 2 saturated heterocycles. The zero-order chi connectivity index (χ0) is 14.7. The molecule has 1 aromatic rings. The van der Waals surface area contributed by atoms with Gasteiger partial charge in [-0.25, -0.2) is 0 Å². The molecule has 5 heteroatoms. The third-order valence-electron chi connectivity index (χ3n) is 4.45. The summed E-state index contributed by atoms with van der Waals surface area (Å²) in [7, 11) is 0. The van der Waals surface area contributed by atoms with Crippen molar-refractivity contribution < 1.29 is 4.79 Å². The van der Waals surface area contributed by atoms with Crippen molar-refractivity contribution in [3.8, 4) is 0 Å². The molecule has 3 rings (SSSR count). The van der Waals surface area contributed by atoms with E-state index in [1.807, 2.05) is 18.2 Å². The predicted octanol–water partition coefficient (Wildman–Crippen LogP) is 2.13. The number of rotatable bonds is 2. The highest BCUT2D eigenvalue weighted by atomic mass is 35.5. The van der Waals surface area contributed by atoms with Crippen molar-refractivity contribution in [1.82, 2.24) is 10.2 Å². The van der Waals surface area contributed by atoms with Crippen LogP contribution in [-0.2, 0) is 4.79 Å². The maximum Gasteiger partial charge on any atom is 0.237 e. The average molecular weight is 308 g/mol. The second kappa shape index (κ2) is 6.67. The Morgan fingerprint density at radius 2 is 1.86 bits per heavy atom. The number of nitrogens with zero attached hydrogens (tertiary/aromatic N) is 2. The van der Waals surface area contributed by atoms with Crippen LogP contribution in [0.5, 0.6) is 0 Å². The lowest BCUT2D eigenvalue weighted by atomic mass is 10.1. The molecule has 1 atom stereocenters. The minimum absolute atomic E-state index is 0.0564. The standard InChI is InChI=1S/C16H22ClN3O/c17-13-5-1-2-6-14(13)19-9-11-20(12-10-19)15-7-3-4-8-18-16(15)21/h1-2,5-6,15H,3-4,7-12H2,(H,18,21)/t15-/m0/s1. The van der Waals surface area contributed by atoms with Gasteiger partial charge in [-0.3, -0.25) is 9.69 Å². The normalized spacial score (nSPS) is 24.5. The average Bonchev–Trinajstić information content (AvgIpc) is 2.73. The zero-order valence-corrected chi connectivity index (χ0v) is 13.0. The number of amides is 1. The molecule has 2 heterocycles. The number of hydrogen-bond acceptors (Lipinski definition) is 3. The van der Waals surface area contributed by atoms with Crippen molar-refractivity contribution in [2.45, 2.75) is 25.3 Å². The van der Waals surface area contributed by atoms with Crippen molar-refractivity contribution >= 4 is 23.2 Å². The molecule has 0 unspecified atom stereocenters. The van der Waals surface area contributed by atoms with Crippen molar-refractivity contribution in [2.24, 2.45) is 0 Å². The lowest BCUT2D eigenvalue weighted by Crippen LogP contribution is -2.54. The maximum atomic E-state index is 12.1. The van der Waals surface area contributed by atoms with Gasteiger partial charge >= 0.3 is 0 Å². The van der Waals surface area contributed by atoms with Gasteiger partial charge in [0.15, 0.2) is 0 Å². The first-order valence-corrected chi connectivity index (χ1v) is 8.15. The number of hydrogen-bond donors (Lipinski definition) is 1. The number of benzene rings is 1. The summed E-state index contributed by atoms with van der Waals surface area (Å²) in [5.41, 5.74) is 1.10. The van der Waals surface area contributed by atoms with E-state index in [0.717, 1.165) is 62.7 Å². The van der Waals surface area contributed by atoms with Gasteiger partial charge in [0.05, 0.1) is 16.8 Å². The van der Waals surface area contributed by atoms with Crippen LogP contribution in [0, 0.1) is 0 Å². The summed E-state index contributed by atoms with van der Waals surface area (Å²) in [6, 6.07) is 8.03. The summed E-state index contributed by atoms with van der Waals surface area (Å²) in [6.07, 6.45) is 3.22. The molecule has 0 aliphatic carbocycles. The van der Waals surface area contributed by atoms with Gasteiger partial charge in [0.2, 0.25) is 5.91 Å². The summed E-state index contributed by atoms with van der Waals surface area (Å²) in [6.45, 7) is 4.52. The van der Waals surface area contributed by atoms with E-state index in [9.17, 15) is 4.79 Å². The molecule has 1 amide bonds. The van der Waals surface area contributed by atoms with Gasteiger partial charge in [0.25, 0.3) is 0 Å². The van der Waals surface area contributed by atoms with Crippen LogP contribution >= 0.6 is 11.6 Å². The van der Waals surface area contributed by atoms with Crippen LogP contribution in [0.15, 0.2) is 24.3 Å². The molecule has 2 fully saturated rings. The molecule has 0 saturated carbocycles. The number of carbonyl (C=O) groups is 1. The van der Waals surface area contributed by atoms with E-state index in [-0.39, 0.29) is 11.9 Å². The van der Waals surface area contributed by atoms with Crippen LogP contribution in [0.4, 0.5) is 5.69 Å². The predicted molar refractivity (Wildman–Crippen MR) is 85.9 cm³/mol. The molecule has 1 aromatic carbocycles. The Labute approximate surface area is 131 Å². The first-order valence-electron chi connectivity index (χ1n) is 7.77. The summed E-state index contributed by atoms with van der Waals surface area (Å²) in [4.78, 5) is 16.8. The minimum Gasteiger partial charge on any atom is -0.368 e. The van der Waals surface area contributed by atoms with Crippen LogP contribution in [0.1, 0.15) is 19.3 Å². The second-order valence-corrected chi connectivity index (χ2v) is 6.18.